The second-order valence-electron chi connectivity index (χ2n) is 7.23. The Morgan fingerprint density at radius 2 is 1.90 bits per heavy atom. The summed E-state index contributed by atoms with van der Waals surface area (Å²) < 4.78 is 18.4. The second kappa shape index (κ2) is 8.90. The van der Waals surface area contributed by atoms with Gasteiger partial charge in [0.25, 0.3) is 0 Å². The monoisotopic (exact) mass is 406 g/mol. The van der Waals surface area contributed by atoms with E-state index in [0.717, 1.165) is 43.0 Å². The molecule has 1 aromatic heterocycles. The van der Waals surface area contributed by atoms with Gasteiger partial charge < -0.3 is 15.0 Å². The number of amides is 1. The molecule has 0 spiro atoms. The Labute approximate surface area is 174 Å². The fourth-order valence-corrected chi connectivity index (χ4v) is 3.58. The third kappa shape index (κ3) is 4.56. The first-order valence-electron chi connectivity index (χ1n) is 9.91. The molecule has 1 amide bonds. The maximum atomic E-state index is 13.2. The molecule has 2 heterocycles. The van der Waals surface area contributed by atoms with Crippen LogP contribution < -0.4 is 15.0 Å². The molecule has 2 aromatic carbocycles. The summed E-state index contributed by atoms with van der Waals surface area (Å²) in [6.45, 7) is 1.46. The number of rotatable bonds is 5. The molecule has 0 bridgehead atoms. The Morgan fingerprint density at radius 3 is 2.63 bits per heavy atom. The van der Waals surface area contributed by atoms with Crippen molar-refractivity contribution in [1.29, 1.82) is 0 Å². The Morgan fingerprint density at radius 1 is 1.13 bits per heavy atom. The largest absolute Gasteiger partial charge is 0.497 e. The van der Waals surface area contributed by atoms with Crippen LogP contribution in [-0.4, -0.2) is 36.1 Å². The number of piperidine rings is 1. The molecule has 1 fully saturated rings. The van der Waals surface area contributed by atoms with Crippen LogP contribution in [-0.2, 0) is 4.79 Å². The number of nitrogens with one attached hydrogen (secondary N) is 1. The van der Waals surface area contributed by atoms with Crippen molar-refractivity contribution in [3.63, 3.8) is 0 Å². The van der Waals surface area contributed by atoms with E-state index in [0.29, 0.717) is 11.6 Å². The molecule has 7 heteroatoms. The van der Waals surface area contributed by atoms with E-state index in [-0.39, 0.29) is 17.6 Å². The summed E-state index contributed by atoms with van der Waals surface area (Å²) in [5.41, 5.74) is 1.51. The van der Waals surface area contributed by atoms with Gasteiger partial charge in [0.15, 0.2) is 5.82 Å². The molecule has 4 rings (SSSR count). The van der Waals surface area contributed by atoms with Gasteiger partial charge in [0.2, 0.25) is 5.91 Å². The summed E-state index contributed by atoms with van der Waals surface area (Å²) in [7, 11) is 1.60. The highest BCUT2D eigenvalue weighted by Gasteiger charge is 2.26. The minimum Gasteiger partial charge on any atom is -0.497 e. The van der Waals surface area contributed by atoms with Crippen molar-refractivity contribution in [3.05, 3.63) is 66.6 Å². The summed E-state index contributed by atoms with van der Waals surface area (Å²) >= 11 is 0. The van der Waals surface area contributed by atoms with Crippen LogP contribution in [0.3, 0.4) is 0 Å². The summed E-state index contributed by atoms with van der Waals surface area (Å²) in [5, 5.41) is 2.98. The lowest BCUT2D eigenvalue weighted by Crippen LogP contribution is -2.38. The molecule has 1 aliphatic rings. The average Bonchev–Trinajstić information content (AvgIpc) is 2.80. The lowest BCUT2D eigenvalue weighted by molar-refractivity contribution is -0.120. The van der Waals surface area contributed by atoms with Crippen LogP contribution in [0.25, 0.3) is 11.4 Å². The minimum atomic E-state index is -0.288. The number of hydrogen-bond donors (Lipinski definition) is 1. The third-order valence-corrected chi connectivity index (χ3v) is 5.27. The van der Waals surface area contributed by atoms with Gasteiger partial charge in [0.05, 0.1) is 7.11 Å². The first-order valence-corrected chi connectivity index (χ1v) is 9.91. The fourth-order valence-electron chi connectivity index (χ4n) is 3.58. The summed E-state index contributed by atoms with van der Waals surface area (Å²) in [6, 6.07) is 15.4. The molecule has 1 aliphatic heterocycles. The molecular formula is C23H23FN4O2. The molecular weight excluding hydrogens is 383 g/mol. The van der Waals surface area contributed by atoms with Crippen LogP contribution in [0.5, 0.6) is 5.75 Å². The van der Waals surface area contributed by atoms with Crippen molar-refractivity contribution in [2.45, 2.75) is 12.8 Å². The molecule has 3 aromatic rings. The highest BCUT2D eigenvalue weighted by Crippen LogP contribution is 2.25. The van der Waals surface area contributed by atoms with E-state index < -0.39 is 0 Å². The maximum Gasteiger partial charge on any atom is 0.227 e. The Hall–Kier alpha value is -3.48. The number of carbonyl (C=O) groups excluding carboxylic acids is 1. The Bertz CT molecular complexity index is 1020. The molecule has 0 saturated carbocycles. The number of anilines is 2. The molecule has 0 aliphatic carbocycles. The third-order valence-electron chi connectivity index (χ3n) is 5.27. The molecule has 0 unspecified atom stereocenters. The van der Waals surface area contributed by atoms with Crippen molar-refractivity contribution in [2.24, 2.45) is 5.92 Å². The van der Waals surface area contributed by atoms with Crippen molar-refractivity contribution in [2.75, 3.05) is 30.4 Å². The van der Waals surface area contributed by atoms with Gasteiger partial charge in [-0.05, 0) is 55.3 Å². The second-order valence-corrected chi connectivity index (χ2v) is 7.23. The van der Waals surface area contributed by atoms with Crippen molar-refractivity contribution >= 4 is 17.4 Å². The fraction of sp³-hybridized carbons (Fsp3) is 0.261. The number of hydrogen-bond acceptors (Lipinski definition) is 5. The molecule has 1 N–H and O–H groups in total. The predicted molar refractivity (Wildman–Crippen MR) is 114 cm³/mol. The summed E-state index contributed by atoms with van der Waals surface area (Å²) in [4.78, 5) is 23.7. The van der Waals surface area contributed by atoms with E-state index in [4.69, 9.17) is 4.74 Å². The van der Waals surface area contributed by atoms with Crippen molar-refractivity contribution in [3.8, 4) is 17.1 Å². The van der Waals surface area contributed by atoms with E-state index in [1.165, 1.54) is 12.1 Å². The van der Waals surface area contributed by atoms with Gasteiger partial charge in [-0.3, -0.25) is 4.79 Å². The quantitative estimate of drug-likeness (QED) is 0.690. The number of benzene rings is 2. The minimum absolute atomic E-state index is 0.0255. The van der Waals surface area contributed by atoms with Crippen molar-refractivity contribution in [1.82, 2.24) is 9.97 Å². The zero-order valence-electron chi connectivity index (χ0n) is 16.7. The van der Waals surface area contributed by atoms with E-state index in [9.17, 15) is 9.18 Å². The topological polar surface area (TPSA) is 67.3 Å². The van der Waals surface area contributed by atoms with Gasteiger partial charge in [0, 0.05) is 42.5 Å². The lowest BCUT2D eigenvalue weighted by Gasteiger charge is -2.32. The van der Waals surface area contributed by atoms with E-state index in [2.05, 4.69) is 20.2 Å². The van der Waals surface area contributed by atoms with E-state index in [1.807, 2.05) is 30.3 Å². The number of methoxy groups -OCH3 is 1. The molecule has 0 atom stereocenters. The normalized spacial score (nSPS) is 14.4. The lowest BCUT2D eigenvalue weighted by atomic mass is 9.96. The number of halogens is 1. The van der Waals surface area contributed by atoms with Crippen LogP contribution in [0.1, 0.15) is 12.8 Å². The van der Waals surface area contributed by atoms with Crippen LogP contribution in [0.15, 0.2) is 60.8 Å². The average molecular weight is 406 g/mol. The maximum absolute atomic E-state index is 13.2. The molecule has 0 radical (unpaired) electrons. The number of nitrogens with zero attached hydrogens (tertiary/aromatic N) is 3. The van der Waals surface area contributed by atoms with Crippen LogP contribution >= 0.6 is 0 Å². The zero-order valence-corrected chi connectivity index (χ0v) is 16.7. The van der Waals surface area contributed by atoms with Gasteiger partial charge in [-0.1, -0.05) is 6.07 Å². The van der Waals surface area contributed by atoms with Gasteiger partial charge in [-0.15, -0.1) is 0 Å². The summed E-state index contributed by atoms with van der Waals surface area (Å²) in [6.07, 6.45) is 3.19. The Balaban J connectivity index is 1.38. The van der Waals surface area contributed by atoms with Gasteiger partial charge >= 0.3 is 0 Å². The van der Waals surface area contributed by atoms with E-state index in [1.54, 1.807) is 25.4 Å². The van der Waals surface area contributed by atoms with Crippen molar-refractivity contribution < 1.29 is 13.9 Å². The molecule has 6 nitrogen and oxygen atoms in total. The van der Waals surface area contributed by atoms with Gasteiger partial charge in [-0.25, -0.2) is 14.4 Å². The van der Waals surface area contributed by atoms with Crippen LogP contribution in [0, 0.1) is 11.7 Å². The molecule has 1 saturated heterocycles. The SMILES string of the molecule is COc1cccc(NC(=O)C2CCN(c3ccnc(-c4ccc(F)cc4)n3)CC2)c1. The predicted octanol–water partition coefficient (Wildman–Crippen LogP) is 4.15. The Kier molecular flexibility index (Phi) is 5.88. The zero-order chi connectivity index (χ0) is 20.9. The first kappa shape index (κ1) is 19.8. The number of ether oxygens (including phenoxy) is 1. The molecule has 154 valence electrons. The highest BCUT2D eigenvalue weighted by molar-refractivity contribution is 5.92. The number of carbonyl (C=O) groups is 1. The van der Waals surface area contributed by atoms with Gasteiger partial charge in [0.1, 0.15) is 17.4 Å². The number of aromatic nitrogens is 2. The van der Waals surface area contributed by atoms with E-state index >= 15 is 0 Å². The highest BCUT2D eigenvalue weighted by atomic mass is 19.1. The first-order chi connectivity index (χ1) is 14.6. The van der Waals surface area contributed by atoms with Gasteiger partial charge in [-0.2, -0.15) is 0 Å². The van der Waals surface area contributed by atoms with Crippen LogP contribution in [0.2, 0.25) is 0 Å². The smallest absolute Gasteiger partial charge is 0.227 e. The summed E-state index contributed by atoms with van der Waals surface area (Å²) in [5.74, 6) is 1.78. The van der Waals surface area contributed by atoms with Crippen LogP contribution in [0.4, 0.5) is 15.9 Å². The molecule has 30 heavy (non-hydrogen) atoms. The standard InChI is InChI=1S/C23H23FN4O2/c1-30-20-4-2-3-19(15-20)26-23(29)17-10-13-28(14-11-17)21-9-12-25-22(27-21)16-5-7-18(24)8-6-16/h2-9,12,15,17H,10-11,13-14H2,1H3,(H,26,29).